The van der Waals surface area contributed by atoms with Crippen molar-refractivity contribution < 1.29 is 0 Å². The molecule has 5 heteroatoms. The van der Waals surface area contributed by atoms with E-state index in [1.54, 1.807) is 0 Å². The minimum absolute atomic E-state index is 0.144. The Balaban J connectivity index is 2.58. The van der Waals surface area contributed by atoms with E-state index in [9.17, 15) is 0 Å². The predicted molar refractivity (Wildman–Crippen MR) is 109 cm³/mol. The number of halogens is 4. The Morgan fingerprint density at radius 3 is 2.33 bits per heavy atom. The molecule has 112 valence electrons. The molecule has 0 aliphatic heterocycles. The normalized spacial score (nSPS) is 12.5. The van der Waals surface area contributed by atoms with Gasteiger partial charge in [-0.3, -0.25) is 0 Å². The Morgan fingerprint density at radius 2 is 1.67 bits per heavy atom. The SMILES string of the molecule is CCNC(c1cc(I)ccc1Br)c1cc(Br)c(C)cc1Br. The predicted octanol–water partition coefficient (Wildman–Crippen LogP) is 6.59. The molecule has 1 N–H and O–H groups in total. The molecule has 0 radical (unpaired) electrons. The van der Waals surface area contributed by atoms with Crippen molar-refractivity contribution in [2.24, 2.45) is 0 Å². The standard InChI is InChI=1S/C16H15Br3IN/c1-3-21-16(11-7-10(20)4-5-13(11)17)12-8-14(18)9(2)6-15(12)19/h4-8,16,21H,3H2,1-2H3. The highest BCUT2D eigenvalue weighted by molar-refractivity contribution is 14.1. The highest BCUT2D eigenvalue weighted by atomic mass is 127. The maximum atomic E-state index is 3.71. The van der Waals surface area contributed by atoms with Gasteiger partial charge in [0.2, 0.25) is 0 Å². The van der Waals surface area contributed by atoms with Crippen LogP contribution in [-0.2, 0) is 0 Å². The van der Waals surface area contributed by atoms with Gasteiger partial charge < -0.3 is 5.32 Å². The zero-order chi connectivity index (χ0) is 15.6. The van der Waals surface area contributed by atoms with Gasteiger partial charge in [-0.05, 0) is 83.1 Å². The van der Waals surface area contributed by atoms with Crippen molar-refractivity contribution in [1.82, 2.24) is 5.32 Å². The van der Waals surface area contributed by atoms with Crippen molar-refractivity contribution in [2.75, 3.05) is 6.54 Å². The van der Waals surface area contributed by atoms with Crippen molar-refractivity contribution in [2.45, 2.75) is 19.9 Å². The first-order chi connectivity index (χ1) is 9.93. The van der Waals surface area contributed by atoms with E-state index in [4.69, 9.17) is 0 Å². The van der Waals surface area contributed by atoms with Gasteiger partial charge in [0.15, 0.2) is 0 Å². The van der Waals surface area contributed by atoms with Crippen LogP contribution >= 0.6 is 70.4 Å². The van der Waals surface area contributed by atoms with Crippen LogP contribution in [0.2, 0.25) is 0 Å². The van der Waals surface area contributed by atoms with Crippen LogP contribution in [0.1, 0.15) is 29.7 Å². The number of rotatable bonds is 4. The average molecular weight is 588 g/mol. The third-order valence-corrected chi connectivity index (χ3v) is 6.20. The van der Waals surface area contributed by atoms with E-state index in [-0.39, 0.29) is 6.04 Å². The molecule has 0 heterocycles. The smallest absolute Gasteiger partial charge is 0.0599 e. The van der Waals surface area contributed by atoms with Crippen LogP contribution in [0.25, 0.3) is 0 Å². The molecule has 2 aromatic rings. The number of benzene rings is 2. The summed E-state index contributed by atoms with van der Waals surface area (Å²) in [5.41, 5.74) is 3.71. The van der Waals surface area contributed by atoms with E-state index in [1.807, 2.05) is 0 Å². The summed E-state index contributed by atoms with van der Waals surface area (Å²) in [6.07, 6.45) is 0. The summed E-state index contributed by atoms with van der Waals surface area (Å²) in [6.45, 7) is 5.13. The number of hydrogen-bond acceptors (Lipinski definition) is 1. The fraction of sp³-hybridized carbons (Fsp3) is 0.250. The molecule has 0 amide bonds. The molecule has 1 atom stereocenters. The lowest BCUT2D eigenvalue weighted by atomic mass is 9.98. The number of aryl methyl sites for hydroxylation is 1. The molecule has 2 rings (SSSR count). The third-order valence-electron chi connectivity index (χ3n) is 3.27. The fourth-order valence-corrected chi connectivity index (χ4v) is 4.25. The highest BCUT2D eigenvalue weighted by Gasteiger charge is 2.19. The van der Waals surface area contributed by atoms with E-state index in [0.29, 0.717) is 0 Å². The van der Waals surface area contributed by atoms with Crippen LogP contribution in [0, 0.1) is 10.5 Å². The van der Waals surface area contributed by atoms with E-state index in [0.717, 1.165) is 20.0 Å². The summed E-state index contributed by atoms with van der Waals surface area (Å²) in [4.78, 5) is 0. The Hall–Kier alpha value is 0.570. The topological polar surface area (TPSA) is 12.0 Å². The molecule has 0 fully saturated rings. The lowest BCUT2D eigenvalue weighted by Gasteiger charge is -2.22. The molecule has 0 aromatic heterocycles. The summed E-state index contributed by atoms with van der Waals surface area (Å²) in [5.74, 6) is 0. The van der Waals surface area contributed by atoms with E-state index in [1.165, 1.54) is 20.3 Å². The molecule has 21 heavy (non-hydrogen) atoms. The van der Waals surface area contributed by atoms with Crippen molar-refractivity contribution in [1.29, 1.82) is 0 Å². The lowest BCUT2D eigenvalue weighted by molar-refractivity contribution is 0.625. The largest absolute Gasteiger partial charge is 0.306 e. The van der Waals surface area contributed by atoms with Gasteiger partial charge in [-0.25, -0.2) is 0 Å². The van der Waals surface area contributed by atoms with Crippen molar-refractivity contribution in [3.05, 3.63) is 64.0 Å². The zero-order valence-corrected chi connectivity index (χ0v) is 18.6. The zero-order valence-electron chi connectivity index (χ0n) is 11.7. The van der Waals surface area contributed by atoms with E-state index < -0.39 is 0 Å². The first kappa shape index (κ1) is 17.9. The molecule has 0 bridgehead atoms. The second-order valence-corrected chi connectivity index (χ2v) is 8.59. The monoisotopic (exact) mass is 585 g/mol. The van der Waals surface area contributed by atoms with Crippen molar-refractivity contribution in [3.8, 4) is 0 Å². The minimum atomic E-state index is 0.144. The molecule has 1 nitrogen and oxygen atoms in total. The highest BCUT2D eigenvalue weighted by Crippen LogP contribution is 2.36. The van der Waals surface area contributed by atoms with E-state index in [2.05, 4.69) is 120 Å². The lowest BCUT2D eigenvalue weighted by Crippen LogP contribution is -2.23. The summed E-state index contributed by atoms with van der Waals surface area (Å²) >= 11 is 13.4. The summed E-state index contributed by atoms with van der Waals surface area (Å²) in [7, 11) is 0. The number of nitrogens with one attached hydrogen (secondary N) is 1. The number of hydrogen-bond donors (Lipinski definition) is 1. The Bertz CT molecular complexity index is 658. The first-order valence-corrected chi connectivity index (χ1v) is 10.0. The fourth-order valence-electron chi connectivity index (χ4n) is 2.21. The molecule has 0 saturated carbocycles. The Kier molecular flexibility index (Phi) is 6.74. The van der Waals surface area contributed by atoms with Crippen LogP contribution in [0.5, 0.6) is 0 Å². The summed E-state index contributed by atoms with van der Waals surface area (Å²) < 4.78 is 4.61. The van der Waals surface area contributed by atoms with Crippen molar-refractivity contribution >= 4 is 70.4 Å². The van der Waals surface area contributed by atoms with Gasteiger partial charge >= 0.3 is 0 Å². The van der Waals surface area contributed by atoms with Crippen molar-refractivity contribution in [3.63, 3.8) is 0 Å². The van der Waals surface area contributed by atoms with Crippen LogP contribution in [0.4, 0.5) is 0 Å². The molecule has 0 aliphatic rings. The van der Waals surface area contributed by atoms with Gasteiger partial charge in [0.05, 0.1) is 6.04 Å². The quantitative estimate of drug-likeness (QED) is 0.398. The van der Waals surface area contributed by atoms with Gasteiger partial charge in [-0.1, -0.05) is 54.7 Å². The second kappa shape index (κ2) is 7.90. The van der Waals surface area contributed by atoms with Gasteiger partial charge in [-0.2, -0.15) is 0 Å². The van der Waals surface area contributed by atoms with E-state index >= 15 is 0 Å². The molecular weight excluding hydrogens is 573 g/mol. The molecule has 0 aliphatic carbocycles. The van der Waals surface area contributed by atoms with Crippen LogP contribution in [0.3, 0.4) is 0 Å². The van der Waals surface area contributed by atoms with Crippen LogP contribution in [0.15, 0.2) is 43.7 Å². The molecule has 1 unspecified atom stereocenters. The molecular formula is C16H15Br3IN. The third kappa shape index (κ3) is 4.31. The maximum Gasteiger partial charge on any atom is 0.0599 e. The molecule has 0 saturated heterocycles. The van der Waals surface area contributed by atoms with Crippen LogP contribution in [-0.4, -0.2) is 6.54 Å². The van der Waals surface area contributed by atoms with Gasteiger partial charge in [0.25, 0.3) is 0 Å². The summed E-state index contributed by atoms with van der Waals surface area (Å²) in [6, 6.07) is 10.9. The average Bonchev–Trinajstić information content (AvgIpc) is 2.43. The molecule has 2 aromatic carbocycles. The Morgan fingerprint density at radius 1 is 1.00 bits per heavy atom. The van der Waals surface area contributed by atoms with Gasteiger partial charge in [0.1, 0.15) is 0 Å². The van der Waals surface area contributed by atoms with Crippen LogP contribution < -0.4 is 5.32 Å². The second-order valence-electron chi connectivity index (χ2n) is 4.78. The minimum Gasteiger partial charge on any atom is -0.306 e. The first-order valence-electron chi connectivity index (χ1n) is 6.58. The van der Waals surface area contributed by atoms with Gasteiger partial charge in [0, 0.05) is 17.0 Å². The Labute approximate surface area is 164 Å². The van der Waals surface area contributed by atoms with Gasteiger partial charge in [-0.15, -0.1) is 0 Å². The maximum absolute atomic E-state index is 3.71. The summed E-state index contributed by atoms with van der Waals surface area (Å²) in [5, 5.41) is 3.59. The molecule has 0 spiro atoms.